The number of thiazole rings is 1. The molecule has 1 rings (SSSR count). The summed E-state index contributed by atoms with van der Waals surface area (Å²) in [4.78, 5) is 16.7. The number of rotatable bonds is 5. The van der Waals surface area contributed by atoms with Crippen molar-refractivity contribution < 1.29 is 18.0 Å². The highest BCUT2D eigenvalue weighted by Gasteiger charge is 2.36. The minimum absolute atomic E-state index is 0.0290. The number of carbonyl (C=O) groups is 1. The Kier molecular flexibility index (Phi) is 5.16. The number of nitrogens with two attached hydrogens (primary N) is 1. The molecule has 4 nitrogen and oxygen atoms in total. The molecule has 19 heavy (non-hydrogen) atoms. The first-order chi connectivity index (χ1) is 8.78. The summed E-state index contributed by atoms with van der Waals surface area (Å²) in [5.41, 5.74) is 5.37. The van der Waals surface area contributed by atoms with Gasteiger partial charge < -0.3 is 10.6 Å². The second kappa shape index (κ2) is 6.23. The molecule has 0 aliphatic carbocycles. The molecule has 0 aliphatic rings. The zero-order valence-corrected chi connectivity index (χ0v) is 11.5. The highest BCUT2D eigenvalue weighted by Crippen LogP contribution is 2.23. The smallest absolute Gasteiger partial charge is 0.375 e. The van der Waals surface area contributed by atoms with Crippen LogP contribution in [-0.2, 0) is 0 Å². The van der Waals surface area contributed by atoms with Gasteiger partial charge in [0, 0.05) is 11.4 Å². The summed E-state index contributed by atoms with van der Waals surface area (Å²) in [7, 11) is 0. The fourth-order valence-electron chi connectivity index (χ4n) is 1.82. The molecule has 2 N–H and O–H groups in total. The SMILES string of the molecule is CCC(CC)N(CC(F)(F)F)C(=O)c1csc(N)n1. The van der Waals surface area contributed by atoms with Gasteiger partial charge in [-0.25, -0.2) is 4.98 Å². The van der Waals surface area contributed by atoms with Crippen LogP contribution in [0.2, 0.25) is 0 Å². The summed E-state index contributed by atoms with van der Waals surface area (Å²) >= 11 is 1.03. The Morgan fingerprint density at radius 2 is 2.05 bits per heavy atom. The first-order valence-electron chi connectivity index (χ1n) is 5.87. The monoisotopic (exact) mass is 295 g/mol. The highest BCUT2D eigenvalue weighted by atomic mass is 32.1. The first kappa shape index (κ1) is 15.7. The molecule has 8 heteroatoms. The van der Waals surface area contributed by atoms with Gasteiger partial charge in [-0.2, -0.15) is 13.2 Å². The van der Waals surface area contributed by atoms with Crippen molar-refractivity contribution in [1.29, 1.82) is 0 Å². The van der Waals surface area contributed by atoms with Crippen LogP contribution >= 0.6 is 11.3 Å². The van der Waals surface area contributed by atoms with Crippen molar-refractivity contribution in [3.8, 4) is 0 Å². The van der Waals surface area contributed by atoms with Gasteiger partial charge in [0.1, 0.15) is 12.2 Å². The molecule has 1 heterocycles. The van der Waals surface area contributed by atoms with Gasteiger partial charge >= 0.3 is 6.18 Å². The maximum atomic E-state index is 12.6. The van der Waals surface area contributed by atoms with E-state index in [1.54, 1.807) is 13.8 Å². The number of anilines is 1. The van der Waals surface area contributed by atoms with Crippen molar-refractivity contribution in [2.45, 2.75) is 38.9 Å². The van der Waals surface area contributed by atoms with Crippen molar-refractivity contribution in [3.05, 3.63) is 11.1 Å². The summed E-state index contributed by atoms with van der Waals surface area (Å²) in [5.74, 6) is -0.723. The van der Waals surface area contributed by atoms with Gasteiger partial charge in [0.05, 0.1) is 0 Å². The van der Waals surface area contributed by atoms with Gasteiger partial charge in [0.25, 0.3) is 5.91 Å². The molecule has 1 aromatic heterocycles. The quantitative estimate of drug-likeness (QED) is 0.908. The minimum atomic E-state index is -4.43. The predicted molar refractivity (Wildman–Crippen MR) is 68.0 cm³/mol. The fourth-order valence-corrected chi connectivity index (χ4v) is 2.36. The average molecular weight is 295 g/mol. The average Bonchev–Trinajstić information content (AvgIpc) is 2.73. The topological polar surface area (TPSA) is 59.2 Å². The molecule has 0 saturated carbocycles. The second-order valence-corrected chi connectivity index (χ2v) is 4.98. The molecule has 0 spiro atoms. The van der Waals surface area contributed by atoms with E-state index < -0.39 is 24.7 Å². The number of hydrogen-bond donors (Lipinski definition) is 1. The van der Waals surface area contributed by atoms with Gasteiger partial charge in [-0.05, 0) is 12.8 Å². The molecular formula is C11H16F3N3OS. The number of nitrogen functional groups attached to an aromatic ring is 1. The highest BCUT2D eigenvalue weighted by molar-refractivity contribution is 7.13. The predicted octanol–water partition coefficient (Wildman–Crippen LogP) is 2.92. The molecule has 0 aliphatic heterocycles. The van der Waals surface area contributed by atoms with Crippen molar-refractivity contribution in [2.75, 3.05) is 12.3 Å². The largest absolute Gasteiger partial charge is 0.406 e. The molecule has 0 radical (unpaired) electrons. The molecule has 0 bridgehead atoms. The van der Waals surface area contributed by atoms with E-state index in [0.717, 1.165) is 16.2 Å². The molecular weight excluding hydrogens is 279 g/mol. The lowest BCUT2D eigenvalue weighted by Gasteiger charge is -2.30. The van der Waals surface area contributed by atoms with Crippen LogP contribution in [0, 0.1) is 0 Å². The van der Waals surface area contributed by atoms with Crippen molar-refractivity contribution in [1.82, 2.24) is 9.88 Å². The van der Waals surface area contributed by atoms with E-state index in [-0.39, 0.29) is 10.8 Å². The molecule has 1 aromatic rings. The van der Waals surface area contributed by atoms with Crippen LogP contribution in [0.5, 0.6) is 0 Å². The Morgan fingerprint density at radius 1 is 1.47 bits per heavy atom. The maximum absolute atomic E-state index is 12.6. The van der Waals surface area contributed by atoms with Gasteiger partial charge in [-0.3, -0.25) is 4.79 Å². The summed E-state index contributed by atoms with van der Waals surface area (Å²) < 4.78 is 37.8. The third kappa shape index (κ3) is 4.38. The molecule has 0 saturated heterocycles. The van der Waals surface area contributed by atoms with E-state index in [0.29, 0.717) is 12.8 Å². The number of nitrogens with zero attached hydrogens (tertiary/aromatic N) is 2. The maximum Gasteiger partial charge on any atom is 0.406 e. The van der Waals surface area contributed by atoms with Crippen LogP contribution in [-0.4, -0.2) is 34.6 Å². The number of carbonyl (C=O) groups excluding carboxylic acids is 1. The number of aromatic nitrogens is 1. The lowest BCUT2D eigenvalue weighted by molar-refractivity contribution is -0.145. The standard InChI is InChI=1S/C11H16F3N3OS/c1-3-7(4-2)17(6-11(12,13)14)9(18)8-5-19-10(15)16-8/h5,7H,3-4,6H2,1-2H3,(H2,15,16). The fraction of sp³-hybridized carbons (Fsp3) is 0.636. The minimum Gasteiger partial charge on any atom is -0.375 e. The Labute approximate surface area is 113 Å². The van der Waals surface area contributed by atoms with Crippen LogP contribution in [0.15, 0.2) is 5.38 Å². The third-order valence-corrected chi connectivity index (χ3v) is 3.41. The zero-order chi connectivity index (χ0) is 14.6. The van der Waals surface area contributed by atoms with Gasteiger partial charge in [-0.1, -0.05) is 13.8 Å². The van der Waals surface area contributed by atoms with Crippen molar-refractivity contribution in [3.63, 3.8) is 0 Å². The molecule has 0 aromatic carbocycles. The van der Waals surface area contributed by atoms with E-state index in [4.69, 9.17) is 5.73 Å². The van der Waals surface area contributed by atoms with E-state index >= 15 is 0 Å². The summed E-state index contributed by atoms with van der Waals surface area (Å²) in [6.07, 6.45) is -3.52. The molecule has 1 amide bonds. The van der Waals surface area contributed by atoms with E-state index in [9.17, 15) is 18.0 Å². The molecule has 0 fully saturated rings. The van der Waals surface area contributed by atoms with Gasteiger partial charge in [0.2, 0.25) is 0 Å². The lowest BCUT2D eigenvalue weighted by Crippen LogP contribution is -2.45. The third-order valence-electron chi connectivity index (χ3n) is 2.73. The van der Waals surface area contributed by atoms with Crippen molar-refractivity contribution >= 4 is 22.4 Å². The molecule has 0 atom stereocenters. The second-order valence-electron chi connectivity index (χ2n) is 4.09. The van der Waals surface area contributed by atoms with E-state index in [1.807, 2.05) is 0 Å². The van der Waals surface area contributed by atoms with Crippen LogP contribution in [0.3, 0.4) is 0 Å². The first-order valence-corrected chi connectivity index (χ1v) is 6.75. The van der Waals surface area contributed by atoms with Gasteiger partial charge in [-0.15, -0.1) is 11.3 Å². The van der Waals surface area contributed by atoms with Crippen LogP contribution in [0.1, 0.15) is 37.2 Å². The Hall–Kier alpha value is -1.31. The van der Waals surface area contributed by atoms with E-state index in [1.165, 1.54) is 5.38 Å². The number of halogens is 3. The summed E-state index contributed by atoms with van der Waals surface area (Å²) in [6.45, 7) is 2.23. The molecule has 108 valence electrons. The van der Waals surface area contributed by atoms with Crippen LogP contribution in [0.4, 0.5) is 18.3 Å². The zero-order valence-electron chi connectivity index (χ0n) is 10.7. The van der Waals surface area contributed by atoms with Crippen molar-refractivity contribution in [2.24, 2.45) is 0 Å². The Morgan fingerprint density at radius 3 is 2.42 bits per heavy atom. The number of amides is 1. The normalized spacial score (nSPS) is 11.9. The van der Waals surface area contributed by atoms with Gasteiger partial charge in [0.15, 0.2) is 5.13 Å². The Balaban J connectivity index is 2.98. The van der Waals surface area contributed by atoms with Crippen LogP contribution < -0.4 is 5.73 Å². The summed E-state index contributed by atoms with van der Waals surface area (Å²) in [6, 6.07) is -0.461. The number of alkyl halides is 3. The Bertz CT molecular complexity index is 429. The lowest BCUT2D eigenvalue weighted by atomic mass is 10.1. The molecule has 0 unspecified atom stereocenters. The number of hydrogen-bond acceptors (Lipinski definition) is 4. The van der Waals surface area contributed by atoms with E-state index in [2.05, 4.69) is 4.98 Å². The van der Waals surface area contributed by atoms with Crippen LogP contribution in [0.25, 0.3) is 0 Å². The summed E-state index contributed by atoms with van der Waals surface area (Å²) in [5, 5.41) is 1.54.